The average molecular weight is 412 g/mol. The Balaban J connectivity index is 2.12. The number of anilines is 1. The summed E-state index contributed by atoms with van der Waals surface area (Å²) in [4.78, 5) is 23.1. The second-order valence-corrected chi connectivity index (χ2v) is 7.59. The molecule has 0 radical (unpaired) electrons. The zero-order valence-electron chi connectivity index (χ0n) is 14.7. The van der Waals surface area contributed by atoms with Crippen molar-refractivity contribution in [3.8, 4) is 0 Å². The number of hydrogen-bond acceptors (Lipinski definition) is 6. The molecular weight excluding hydrogens is 394 g/mol. The molecule has 0 aliphatic carbocycles. The van der Waals surface area contributed by atoms with E-state index in [1.165, 1.54) is 49.6 Å². The molecule has 0 saturated carbocycles. The fourth-order valence-corrected chi connectivity index (χ4v) is 3.72. The second-order valence-electron chi connectivity index (χ2n) is 5.46. The van der Waals surface area contributed by atoms with E-state index in [1.807, 2.05) is 0 Å². The van der Waals surface area contributed by atoms with Gasteiger partial charge in [0.15, 0.2) is 0 Å². The van der Waals surface area contributed by atoms with E-state index < -0.39 is 22.0 Å². The first kappa shape index (κ1) is 20.7. The number of esters is 2. The van der Waals surface area contributed by atoms with Crippen LogP contribution < -0.4 is 4.72 Å². The van der Waals surface area contributed by atoms with E-state index in [0.29, 0.717) is 11.1 Å². The minimum Gasteiger partial charge on any atom is -0.465 e. The summed E-state index contributed by atoms with van der Waals surface area (Å²) in [6, 6.07) is 10.2. The van der Waals surface area contributed by atoms with Gasteiger partial charge in [-0.25, -0.2) is 18.0 Å². The standard InChI is InChI=1S/C18H18ClNO6S/c1-3-26-18(22)14-8-9-16(15(19)10-14)20-27(23,24)11-12-4-6-13(7-5-12)17(21)25-2/h4-10,20H,3,11H2,1-2H3. The van der Waals surface area contributed by atoms with Gasteiger partial charge in [0.25, 0.3) is 0 Å². The highest BCUT2D eigenvalue weighted by Gasteiger charge is 2.16. The van der Waals surface area contributed by atoms with Crippen molar-refractivity contribution in [3.05, 3.63) is 64.2 Å². The van der Waals surface area contributed by atoms with Gasteiger partial charge in [0.1, 0.15) is 0 Å². The lowest BCUT2D eigenvalue weighted by Gasteiger charge is -2.11. The summed E-state index contributed by atoms with van der Waals surface area (Å²) in [5.74, 6) is -1.36. The number of hydrogen-bond donors (Lipinski definition) is 1. The zero-order valence-corrected chi connectivity index (χ0v) is 16.3. The minimum absolute atomic E-state index is 0.0742. The van der Waals surface area contributed by atoms with Crippen molar-refractivity contribution in [1.29, 1.82) is 0 Å². The monoisotopic (exact) mass is 411 g/mol. The molecule has 27 heavy (non-hydrogen) atoms. The van der Waals surface area contributed by atoms with E-state index in [4.69, 9.17) is 16.3 Å². The first-order valence-corrected chi connectivity index (χ1v) is 9.93. The Hall–Kier alpha value is -2.58. The van der Waals surface area contributed by atoms with E-state index in [0.717, 1.165) is 0 Å². The van der Waals surface area contributed by atoms with E-state index in [-0.39, 0.29) is 28.6 Å². The molecule has 0 saturated heterocycles. The summed E-state index contributed by atoms with van der Waals surface area (Å²) in [7, 11) is -2.49. The van der Waals surface area contributed by atoms with Crippen LogP contribution in [-0.4, -0.2) is 34.1 Å². The zero-order chi connectivity index (χ0) is 20.0. The molecule has 0 aromatic heterocycles. The molecule has 0 bridgehead atoms. The molecule has 7 nitrogen and oxygen atoms in total. The van der Waals surface area contributed by atoms with Gasteiger partial charge >= 0.3 is 11.9 Å². The van der Waals surface area contributed by atoms with Crippen LogP contribution in [0, 0.1) is 0 Å². The van der Waals surface area contributed by atoms with Gasteiger partial charge in [-0.1, -0.05) is 23.7 Å². The number of ether oxygens (including phenoxy) is 2. The molecule has 0 fully saturated rings. The molecule has 2 rings (SSSR count). The number of nitrogens with one attached hydrogen (secondary N) is 1. The third-order valence-electron chi connectivity index (χ3n) is 3.48. The number of carbonyl (C=O) groups is 2. The van der Waals surface area contributed by atoms with E-state index in [9.17, 15) is 18.0 Å². The van der Waals surface area contributed by atoms with Gasteiger partial charge in [0, 0.05) is 0 Å². The average Bonchev–Trinajstić information content (AvgIpc) is 2.63. The quantitative estimate of drug-likeness (QED) is 0.702. The van der Waals surface area contributed by atoms with Crippen LogP contribution in [0.1, 0.15) is 33.2 Å². The Kier molecular flexibility index (Phi) is 6.81. The van der Waals surface area contributed by atoms with Crippen LogP contribution >= 0.6 is 11.6 Å². The van der Waals surface area contributed by atoms with Gasteiger partial charge in [-0.15, -0.1) is 0 Å². The lowest BCUT2D eigenvalue weighted by atomic mass is 10.1. The molecular formula is C18H18ClNO6S. The summed E-state index contributed by atoms with van der Waals surface area (Å²) in [6.07, 6.45) is 0. The number of sulfonamides is 1. The summed E-state index contributed by atoms with van der Waals surface area (Å²) < 4.78 is 36.6. The second kappa shape index (κ2) is 8.88. The van der Waals surface area contributed by atoms with Crippen LogP contribution in [0.15, 0.2) is 42.5 Å². The van der Waals surface area contributed by atoms with Crippen LogP contribution in [0.5, 0.6) is 0 Å². The van der Waals surface area contributed by atoms with E-state index in [2.05, 4.69) is 9.46 Å². The molecule has 0 unspecified atom stereocenters. The molecule has 0 heterocycles. The molecule has 0 spiro atoms. The molecule has 2 aromatic carbocycles. The maximum atomic E-state index is 12.4. The van der Waals surface area contributed by atoms with Crippen LogP contribution in [0.4, 0.5) is 5.69 Å². The molecule has 0 aliphatic heterocycles. The van der Waals surface area contributed by atoms with Crippen LogP contribution in [-0.2, 0) is 25.2 Å². The molecule has 2 aromatic rings. The maximum absolute atomic E-state index is 12.4. The highest BCUT2D eigenvalue weighted by molar-refractivity contribution is 7.91. The Morgan fingerprint density at radius 2 is 1.67 bits per heavy atom. The van der Waals surface area contributed by atoms with Crippen molar-refractivity contribution < 1.29 is 27.5 Å². The molecule has 0 aliphatic rings. The van der Waals surface area contributed by atoms with Crippen LogP contribution in [0.2, 0.25) is 5.02 Å². The molecule has 9 heteroatoms. The van der Waals surface area contributed by atoms with Crippen molar-refractivity contribution >= 4 is 39.3 Å². The number of rotatable bonds is 7. The summed E-state index contributed by atoms with van der Waals surface area (Å²) in [6.45, 7) is 1.90. The number of methoxy groups -OCH3 is 1. The summed E-state index contributed by atoms with van der Waals surface area (Å²) in [5.41, 5.74) is 1.18. The van der Waals surface area contributed by atoms with Crippen molar-refractivity contribution in [3.63, 3.8) is 0 Å². The fourth-order valence-electron chi connectivity index (χ4n) is 2.22. The molecule has 1 N–H and O–H groups in total. The normalized spacial score (nSPS) is 10.9. The molecule has 144 valence electrons. The predicted octanol–water partition coefficient (Wildman–Crippen LogP) is 3.25. The Labute approximate surface area is 162 Å². The van der Waals surface area contributed by atoms with Crippen molar-refractivity contribution in [2.45, 2.75) is 12.7 Å². The number of benzene rings is 2. The first-order chi connectivity index (χ1) is 12.8. The SMILES string of the molecule is CCOC(=O)c1ccc(NS(=O)(=O)Cc2ccc(C(=O)OC)cc2)c(Cl)c1. The summed E-state index contributed by atoms with van der Waals surface area (Å²) in [5, 5.41) is 0.0742. The lowest BCUT2D eigenvalue weighted by Crippen LogP contribution is -2.16. The third kappa shape index (κ3) is 5.70. The van der Waals surface area contributed by atoms with Gasteiger partial charge in [0.05, 0.1) is 41.3 Å². The summed E-state index contributed by atoms with van der Waals surface area (Å²) >= 11 is 6.07. The topological polar surface area (TPSA) is 98.8 Å². The molecule has 0 amide bonds. The van der Waals surface area contributed by atoms with E-state index >= 15 is 0 Å². The van der Waals surface area contributed by atoms with Crippen LogP contribution in [0.3, 0.4) is 0 Å². The highest BCUT2D eigenvalue weighted by Crippen LogP contribution is 2.25. The highest BCUT2D eigenvalue weighted by atomic mass is 35.5. The van der Waals surface area contributed by atoms with Gasteiger partial charge in [-0.3, -0.25) is 4.72 Å². The number of halogens is 1. The third-order valence-corrected chi connectivity index (χ3v) is 5.03. The van der Waals surface area contributed by atoms with Crippen LogP contribution in [0.25, 0.3) is 0 Å². The lowest BCUT2D eigenvalue weighted by molar-refractivity contribution is 0.0525. The van der Waals surface area contributed by atoms with Gasteiger partial charge < -0.3 is 9.47 Å². The Morgan fingerprint density at radius 3 is 2.22 bits per heavy atom. The van der Waals surface area contributed by atoms with Crippen molar-refractivity contribution in [2.24, 2.45) is 0 Å². The smallest absolute Gasteiger partial charge is 0.338 e. The first-order valence-electron chi connectivity index (χ1n) is 7.90. The minimum atomic E-state index is -3.76. The largest absolute Gasteiger partial charge is 0.465 e. The van der Waals surface area contributed by atoms with Crippen molar-refractivity contribution in [1.82, 2.24) is 0 Å². The Morgan fingerprint density at radius 1 is 1.04 bits per heavy atom. The van der Waals surface area contributed by atoms with Gasteiger partial charge in [-0.05, 0) is 42.8 Å². The predicted molar refractivity (Wildman–Crippen MR) is 101 cm³/mol. The van der Waals surface area contributed by atoms with E-state index in [1.54, 1.807) is 6.92 Å². The van der Waals surface area contributed by atoms with Gasteiger partial charge in [0.2, 0.25) is 10.0 Å². The fraction of sp³-hybridized carbons (Fsp3) is 0.222. The molecule has 0 atom stereocenters. The van der Waals surface area contributed by atoms with Gasteiger partial charge in [-0.2, -0.15) is 0 Å². The Bertz CT molecular complexity index is 941. The van der Waals surface area contributed by atoms with Crippen molar-refractivity contribution in [2.75, 3.05) is 18.4 Å². The maximum Gasteiger partial charge on any atom is 0.338 e. The number of carbonyl (C=O) groups excluding carboxylic acids is 2.